The van der Waals surface area contributed by atoms with Gasteiger partial charge in [-0.25, -0.2) is 0 Å². The summed E-state index contributed by atoms with van der Waals surface area (Å²) in [5.41, 5.74) is 1.08. The molecule has 3 atom stereocenters. The van der Waals surface area contributed by atoms with E-state index in [2.05, 4.69) is 15.3 Å². The predicted molar refractivity (Wildman–Crippen MR) is 95.9 cm³/mol. The van der Waals surface area contributed by atoms with Gasteiger partial charge in [0.05, 0.1) is 30.4 Å². The third-order valence-electron chi connectivity index (χ3n) is 4.40. The quantitative estimate of drug-likeness (QED) is 0.779. The third kappa shape index (κ3) is 4.55. The lowest BCUT2D eigenvalue weighted by molar-refractivity contribution is -0.234. The number of aliphatic hydroxyl groups excluding tert-OH is 1. The number of nitriles is 1. The molecular weight excluding hydrogens is 391 g/mol. The number of aliphatic hydroxyl groups is 1. The highest BCUT2D eigenvalue weighted by molar-refractivity contribution is 5.92. The van der Waals surface area contributed by atoms with Crippen LogP contribution in [-0.4, -0.2) is 65.1 Å². The molecule has 1 amide bonds. The predicted octanol–water partition coefficient (Wildman–Crippen LogP) is 1.13. The smallest absolute Gasteiger partial charge is 0.392 e. The van der Waals surface area contributed by atoms with Crippen LogP contribution in [0.15, 0.2) is 24.5 Å². The monoisotopic (exact) mass is 409 g/mol. The van der Waals surface area contributed by atoms with Crippen LogP contribution in [-0.2, 0) is 9.53 Å². The van der Waals surface area contributed by atoms with Gasteiger partial charge in [-0.3, -0.25) is 14.8 Å². The molecule has 2 aromatic rings. The number of fused-ring (bicyclic) bond motifs is 1. The van der Waals surface area contributed by atoms with Crippen molar-refractivity contribution < 1.29 is 27.8 Å². The Balaban J connectivity index is 1.96. The van der Waals surface area contributed by atoms with Gasteiger partial charge in [-0.15, -0.1) is 0 Å². The SMILES string of the molecule is C[C@H](O)CNC(=O)[C@@H]1CN(c2ccc(C#N)c3nccnc23)C[C@H](C(F)(F)F)O1. The second-order valence-electron chi connectivity index (χ2n) is 6.65. The fourth-order valence-electron chi connectivity index (χ4n) is 3.03. The number of alkyl halides is 3. The molecule has 1 aliphatic rings. The average molecular weight is 409 g/mol. The molecule has 0 aliphatic carbocycles. The molecule has 2 heterocycles. The fourth-order valence-corrected chi connectivity index (χ4v) is 3.03. The first-order valence-corrected chi connectivity index (χ1v) is 8.77. The molecule has 0 unspecified atom stereocenters. The van der Waals surface area contributed by atoms with Crippen LogP contribution in [0.4, 0.5) is 18.9 Å². The zero-order valence-corrected chi connectivity index (χ0v) is 15.3. The van der Waals surface area contributed by atoms with Crippen LogP contribution in [0.2, 0.25) is 0 Å². The number of hydrogen-bond donors (Lipinski definition) is 2. The van der Waals surface area contributed by atoms with Gasteiger partial charge in [0.2, 0.25) is 0 Å². The van der Waals surface area contributed by atoms with E-state index in [0.717, 1.165) is 0 Å². The molecule has 3 rings (SSSR count). The zero-order chi connectivity index (χ0) is 21.2. The van der Waals surface area contributed by atoms with Crippen molar-refractivity contribution in [2.45, 2.75) is 31.4 Å². The van der Waals surface area contributed by atoms with Gasteiger partial charge in [-0.1, -0.05) is 0 Å². The van der Waals surface area contributed by atoms with E-state index in [9.17, 15) is 28.3 Å². The van der Waals surface area contributed by atoms with Crippen molar-refractivity contribution in [2.24, 2.45) is 0 Å². The van der Waals surface area contributed by atoms with Crippen molar-refractivity contribution in [1.82, 2.24) is 15.3 Å². The Kier molecular flexibility index (Phi) is 5.86. The van der Waals surface area contributed by atoms with E-state index < -0.39 is 36.9 Å². The van der Waals surface area contributed by atoms with Crippen LogP contribution in [0.5, 0.6) is 0 Å². The summed E-state index contributed by atoms with van der Waals surface area (Å²) in [5, 5.41) is 20.9. The van der Waals surface area contributed by atoms with E-state index in [4.69, 9.17) is 4.74 Å². The molecule has 0 radical (unpaired) electrons. The van der Waals surface area contributed by atoms with E-state index in [-0.39, 0.29) is 29.7 Å². The highest BCUT2D eigenvalue weighted by Gasteiger charge is 2.47. The van der Waals surface area contributed by atoms with Crippen molar-refractivity contribution >= 4 is 22.6 Å². The number of morpholine rings is 1. The van der Waals surface area contributed by atoms with Crippen LogP contribution in [0.3, 0.4) is 0 Å². The molecule has 1 saturated heterocycles. The number of nitrogens with zero attached hydrogens (tertiary/aromatic N) is 4. The molecule has 11 heteroatoms. The molecule has 0 bridgehead atoms. The van der Waals surface area contributed by atoms with Gasteiger partial charge < -0.3 is 20.1 Å². The van der Waals surface area contributed by atoms with Crippen molar-refractivity contribution in [3.8, 4) is 6.07 Å². The maximum absolute atomic E-state index is 13.4. The van der Waals surface area contributed by atoms with Crippen LogP contribution < -0.4 is 10.2 Å². The number of benzene rings is 1. The number of rotatable bonds is 4. The Hall–Kier alpha value is -2.97. The summed E-state index contributed by atoms with van der Waals surface area (Å²) in [6, 6.07) is 4.91. The molecule has 1 aromatic heterocycles. The second-order valence-corrected chi connectivity index (χ2v) is 6.65. The first-order chi connectivity index (χ1) is 13.7. The Morgan fingerprint density at radius 2 is 2.07 bits per heavy atom. The highest BCUT2D eigenvalue weighted by Crippen LogP contribution is 2.33. The van der Waals surface area contributed by atoms with Crippen LogP contribution in [0.25, 0.3) is 11.0 Å². The van der Waals surface area contributed by atoms with E-state index in [1.807, 2.05) is 6.07 Å². The summed E-state index contributed by atoms with van der Waals surface area (Å²) in [5.74, 6) is -0.756. The van der Waals surface area contributed by atoms with Gasteiger partial charge in [0.15, 0.2) is 12.2 Å². The zero-order valence-electron chi connectivity index (χ0n) is 15.3. The molecule has 29 heavy (non-hydrogen) atoms. The number of aromatic nitrogens is 2. The molecule has 1 aliphatic heterocycles. The largest absolute Gasteiger partial charge is 0.416 e. The number of anilines is 1. The summed E-state index contributed by atoms with van der Waals surface area (Å²) in [7, 11) is 0. The standard InChI is InChI=1S/C18H18F3N5O3/c1-10(27)7-25-17(28)13-8-26(9-14(29-13)18(19,20)21)12-3-2-11(6-22)15-16(12)24-5-4-23-15/h2-5,10,13-14,27H,7-9H2,1H3,(H,25,28)/t10-,13-,14+/m0/s1. The minimum Gasteiger partial charge on any atom is -0.392 e. The number of ether oxygens (including phenoxy) is 1. The molecule has 1 fully saturated rings. The fraction of sp³-hybridized carbons (Fsp3) is 0.444. The topological polar surface area (TPSA) is 111 Å². The number of nitrogens with one attached hydrogen (secondary N) is 1. The molecule has 8 nitrogen and oxygen atoms in total. The van der Waals surface area contributed by atoms with Gasteiger partial charge in [0.1, 0.15) is 17.1 Å². The van der Waals surface area contributed by atoms with E-state index in [0.29, 0.717) is 5.69 Å². The van der Waals surface area contributed by atoms with Gasteiger partial charge in [0.25, 0.3) is 5.91 Å². The lowest BCUT2D eigenvalue weighted by Crippen LogP contribution is -2.57. The minimum atomic E-state index is -4.68. The summed E-state index contributed by atoms with van der Waals surface area (Å²) in [6.45, 7) is 0.631. The molecule has 1 aromatic carbocycles. The van der Waals surface area contributed by atoms with Crippen LogP contribution in [0, 0.1) is 11.3 Å². The Labute approximate surface area is 163 Å². The van der Waals surface area contributed by atoms with Crippen LogP contribution >= 0.6 is 0 Å². The normalized spacial score (nSPS) is 20.9. The lowest BCUT2D eigenvalue weighted by Gasteiger charge is -2.39. The van der Waals surface area contributed by atoms with Gasteiger partial charge in [0, 0.05) is 18.9 Å². The lowest BCUT2D eigenvalue weighted by atomic mass is 10.1. The third-order valence-corrected chi connectivity index (χ3v) is 4.40. The number of halogens is 3. The van der Waals surface area contributed by atoms with Gasteiger partial charge >= 0.3 is 6.18 Å². The number of amides is 1. The van der Waals surface area contributed by atoms with Crippen molar-refractivity contribution in [1.29, 1.82) is 5.26 Å². The number of carbonyl (C=O) groups excluding carboxylic acids is 1. The maximum Gasteiger partial charge on any atom is 0.416 e. The van der Waals surface area contributed by atoms with Crippen molar-refractivity contribution in [2.75, 3.05) is 24.5 Å². The molecular formula is C18H18F3N5O3. The Morgan fingerprint density at radius 3 is 2.69 bits per heavy atom. The number of carbonyl (C=O) groups is 1. The van der Waals surface area contributed by atoms with E-state index in [1.54, 1.807) is 0 Å². The minimum absolute atomic E-state index is 0.110. The molecule has 0 saturated carbocycles. The molecule has 0 spiro atoms. The maximum atomic E-state index is 13.4. The summed E-state index contributed by atoms with van der Waals surface area (Å²) in [6.07, 6.45) is -6.37. The second kappa shape index (κ2) is 8.18. The Bertz CT molecular complexity index is 944. The van der Waals surface area contributed by atoms with Gasteiger partial charge in [-0.2, -0.15) is 18.4 Å². The highest BCUT2D eigenvalue weighted by atomic mass is 19.4. The van der Waals surface area contributed by atoms with E-state index in [1.165, 1.54) is 36.4 Å². The van der Waals surface area contributed by atoms with Crippen LogP contribution in [0.1, 0.15) is 12.5 Å². The number of hydrogen-bond acceptors (Lipinski definition) is 7. The first kappa shape index (κ1) is 20.8. The van der Waals surface area contributed by atoms with Gasteiger partial charge in [-0.05, 0) is 19.1 Å². The molecule has 154 valence electrons. The average Bonchev–Trinajstić information content (AvgIpc) is 2.70. The summed E-state index contributed by atoms with van der Waals surface area (Å²) < 4.78 is 45.3. The summed E-state index contributed by atoms with van der Waals surface area (Å²) >= 11 is 0. The summed E-state index contributed by atoms with van der Waals surface area (Å²) in [4.78, 5) is 21.9. The Morgan fingerprint density at radius 1 is 1.38 bits per heavy atom. The van der Waals surface area contributed by atoms with Crippen molar-refractivity contribution in [3.63, 3.8) is 0 Å². The molecule has 2 N–H and O–H groups in total. The van der Waals surface area contributed by atoms with E-state index >= 15 is 0 Å². The first-order valence-electron chi connectivity index (χ1n) is 8.77. The van der Waals surface area contributed by atoms with Crippen molar-refractivity contribution in [3.05, 3.63) is 30.1 Å².